The van der Waals surface area contributed by atoms with Crippen molar-refractivity contribution < 1.29 is 92.1 Å². The smallest absolute Gasteiger partial charge is 0.338 e. The Kier molecular flexibility index (Phi) is 57.7. The van der Waals surface area contributed by atoms with Gasteiger partial charge in [-0.15, -0.1) is 0 Å². The van der Waals surface area contributed by atoms with Gasteiger partial charge in [-0.2, -0.15) is 0 Å². The van der Waals surface area contributed by atoms with Gasteiger partial charge in [-0.05, 0) is 141 Å². The summed E-state index contributed by atoms with van der Waals surface area (Å²) < 4.78 is 21.3. The van der Waals surface area contributed by atoms with Crippen LogP contribution in [0.1, 0.15) is 283 Å². The van der Waals surface area contributed by atoms with Gasteiger partial charge in [0.2, 0.25) is 0 Å². The number of nitrogens with zero attached hydrogens (tertiary/aromatic N) is 3. The number of nitrogens with one attached hydrogen (secondary N) is 1. The number of guanidine groups is 2. The molecule has 0 saturated carbocycles. The third-order valence-corrected chi connectivity index (χ3v) is 16.4. The molecule has 115 heavy (non-hydrogen) atoms. The topological polar surface area (TPSA) is 567 Å². The van der Waals surface area contributed by atoms with E-state index in [4.69, 9.17) is 80.1 Å². The molecule has 0 radical (unpaired) electrons. The van der Waals surface area contributed by atoms with Crippen molar-refractivity contribution in [2.45, 2.75) is 227 Å². The Morgan fingerprint density at radius 1 is 0.409 bits per heavy atom. The summed E-state index contributed by atoms with van der Waals surface area (Å²) in [6.45, 7) is 17.9. The van der Waals surface area contributed by atoms with Crippen LogP contribution in [0.25, 0.3) is 0 Å². The summed E-state index contributed by atoms with van der Waals surface area (Å²) in [4.78, 5) is 136. The van der Waals surface area contributed by atoms with Crippen molar-refractivity contribution in [2.24, 2.45) is 55.9 Å². The van der Waals surface area contributed by atoms with Crippen LogP contribution in [0.4, 0.5) is 0 Å². The molecule has 0 bridgehead atoms. The lowest BCUT2D eigenvalue weighted by Gasteiger charge is -2.20. The molecule has 0 aliphatic heterocycles. The number of carbonyl (C=O) groups is 11. The van der Waals surface area contributed by atoms with Crippen molar-refractivity contribution in [3.8, 4) is 0 Å². The SMILES string of the molecule is CC(=O)[C@@H](N)CCCCN.CC(=O)[C@@H](N)CCCN=C(N)N.CC(=O)[C@@H](N)Cc1cnc[nH]1.CCCCC(OC(=O)c1ccccc1)c1ccccc1C(=O)O.CCCCC(OC(C)=O)c1ccccc1C(=O)O.CCCCC(OC(C)=O)c1ccccc1C(=O)O.CCCCC(OC(C)=O)c1ccccc1C(=O)O.CN=C(N)N. The van der Waals surface area contributed by atoms with Crippen LogP contribution in [0.3, 0.4) is 0 Å². The Morgan fingerprint density at radius 2 is 0.713 bits per heavy atom. The number of ketones is 3. The molecule has 6 rings (SSSR count). The molecule has 0 aliphatic rings. The third-order valence-electron chi connectivity index (χ3n) is 16.4. The molecule has 31 nitrogen and oxygen atoms in total. The predicted octanol–water partition coefficient (Wildman–Crippen LogP) is 11.8. The molecule has 6 aromatic rings. The second-order valence-electron chi connectivity index (χ2n) is 26.0. The van der Waals surface area contributed by atoms with Gasteiger partial charge >= 0.3 is 47.8 Å². The van der Waals surface area contributed by atoms with E-state index in [1.54, 1.807) is 110 Å². The number of benzene rings is 5. The molecule has 4 unspecified atom stereocenters. The lowest BCUT2D eigenvalue weighted by Crippen LogP contribution is -2.30. The van der Waals surface area contributed by atoms with E-state index in [0.29, 0.717) is 79.4 Å². The van der Waals surface area contributed by atoms with Crippen molar-refractivity contribution in [3.63, 3.8) is 0 Å². The van der Waals surface area contributed by atoms with Gasteiger partial charge in [-0.1, -0.05) is 151 Å². The first kappa shape index (κ1) is 106. The summed E-state index contributed by atoms with van der Waals surface area (Å²) in [5.74, 6) is -5.36. The number of carboxylic acid groups (broad SMARTS) is 4. The number of esters is 4. The largest absolute Gasteiger partial charge is 0.478 e. The molecule has 31 heteroatoms. The van der Waals surface area contributed by atoms with Gasteiger partial charge in [0.15, 0.2) is 11.9 Å². The molecule has 1 aromatic heterocycles. The average Bonchev–Trinajstić information content (AvgIpc) is 1.28. The van der Waals surface area contributed by atoms with E-state index in [1.807, 2.05) is 33.8 Å². The first-order valence-electron chi connectivity index (χ1n) is 38.0. The highest BCUT2D eigenvalue weighted by molar-refractivity contribution is 5.93. The zero-order valence-corrected chi connectivity index (χ0v) is 68.3. The molecule has 0 aliphatic carbocycles. The Balaban J connectivity index is 0. The maximum atomic E-state index is 12.3. The second kappa shape index (κ2) is 62.9. The number of aromatic amines is 1. The molecule has 0 amide bonds. The fourth-order valence-electron chi connectivity index (χ4n) is 10.1. The average molecular weight is 1610 g/mol. The normalized spacial score (nSPS) is 11.9. The number of unbranched alkanes of at least 4 members (excludes halogenated alkanes) is 5. The van der Waals surface area contributed by atoms with Gasteiger partial charge < -0.3 is 90.2 Å². The highest BCUT2D eigenvalue weighted by Crippen LogP contribution is 2.31. The molecular weight excluding hydrogens is 1480 g/mol. The lowest BCUT2D eigenvalue weighted by molar-refractivity contribution is -0.148. The summed E-state index contributed by atoms with van der Waals surface area (Å²) >= 11 is 0. The van der Waals surface area contributed by atoms with Gasteiger partial charge in [-0.25, -0.2) is 29.0 Å². The van der Waals surface area contributed by atoms with Crippen LogP contribution in [-0.4, -0.2) is 146 Å². The molecule has 21 N–H and O–H groups in total. The fourth-order valence-corrected chi connectivity index (χ4v) is 10.1. The minimum absolute atomic E-state index is 0.000278. The zero-order valence-electron chi connectivity index (χ0n) is 68.3. The zero-order chi connectivity index (χ0) is 87.4. The Bertz CT molecular complexity index is 3710. The molecule has 5 aromatic carbocycles. The van der Waals surface area contributed by atoms with Gasteiger partial charge in [0.1, 0.15) is 41.8 Å². The summed E-state index contributed by atoms with van der Waals surface area (Å²) in [5.41, 5.74) is 45.9. The number of hydrogen-bond donors (Lipinski definition) is 13. The number of aliphatic imine (C=N–C) groups is 2. The first-order valence-corrected chi connectivity index (χ1v) is 38.0. The number of imidazole rings is 1. The van der Waals surface area contributed by atoms with Crippen LogP contribution >= 0.6 is 0 Å². The highest BCUT2D eigenvalue weighted by Gasteiger charge is 2.26. The van der Waals surface area contributed by atoms with Crippen LogP contribution in [0, 0.1) is 0 Å². The van der Waals surface area contributed by atoms with Crippen LogP contribution in [0.5, 0.6) is 0 Å². The first-order chi connectivity index (χ1) is 54.5. The van der Waals surface area contributed by atoms with Crippen LogP contribution in [0.15, 0.2) is 150 Å². The van der Waals surface area contributed by atoms with E-state index in [9.17, 15) is 57.8 Å². The molecule has 1 heterocycles. The monoisotopic (exact) mass is 1600 g/mol. The third kappa shape index (κ3) is 48.9. The molecule has 0 fully saturated rings. The molecule has 7 atom stereocenters. The van der Waals surface area contributed by atoms with Crippen molar-refractivity contribution in [3.05, 3.63) is 196 Å². The highest BCUT2D eigenvalue weighted by atomic mass is 16.6. The second-order valence-corrected chi connectivity index (χ2v) is 26.0. The maximum Gasteiger partial charge on any atom is 0.338 e. The van der Waals surface area contributed by atoms with Crippen LogP contribution < -0.4 is 45.9 Å². The maximum absolute atomic E-state index is 12.3. The molecule has 634 valence electrons. The molecular formula is C84H124N12O19. The summed E-state index contributed by atoms with van der Waals surface area (Å²) in [6, 6.07) is 34.3. The number of carbonyl (C=O) groups excluding carboxylic acids is 7. The summed E-state index contributed by atoms with van der Waals surface area (Å²) in [6.07, 6.45) is 15.7. The Labute approximate surface area is 675 Å². The van der Waals surface area contributed by atoms with Crippen LogP contribution in [0.2, 0.25) is 0 Å². The molecule has 0 saturated heterocycles. The van der Waals surface area contributed by atoms with Gasteiger partial charge in [0.25, 0.3) is 0 Å². The predicted molar refractivity (Wildman–Crippen MR) is 443 cm³/mol. The van der Waals surface area contributed by atoms with E-state index < -0.39 is 78.2 Å². The van der Waals surface area contributed by atoms with Crippen molar-refractivity contribution in [1.29, 1.82) is 0 Å². The number of carboxylic acids is 4. The van der Waals surface area contributed by atoms with Gasteiger partial charge in [0.05, 0.1) is 52.3 Å². The van der Waals surface area contributed by atoms with E-state index in [0.717, 1.165) is 82.7 Å². The van der Waals surface area contributed by atoms with Gasteiger partial charge in [-0.3, -0.25) is 38.8 Å². The van der Waals surface area contributed by atoms with E-state index >= 15 is 0 Å². The van der Waals surface area contributed by atoms with Gasteiger partial charge in [0, 0.05) is 74.9 Å². The quantitative estimate of drug-likeness (QED) is 0.00563. The number of H-pyrrole nitrogens is 1. The minimum atomic E-state index is -1.02. The van der Waals surface area contributed by atoms with Crippen molar-refractivity contribution >= 4 is 77.0 Å². The van der Waals surface area contributed by atoms with Crippen molar-refractivity contribution in [1.82, 2.24) is 9.97 Å². The summed E-state index contributed by atoms with van der Waals surface area (Å²) in [7, 11) is 1.54. The fraction of sp³-hybridized carbons (Fsp3) is 0.452. The minimum Gasteiger partial charge on any atom is -0.478 e. The standard InChI is InChI=1S/C19H20O4.3C14H18O4.C7H16N4O.C7H11N3O.C7H16N2O.C2H7N3/c1-2-3-13-17(15-11-7-8-12-16(15)18(20)21)23-19(22)14-9-5-4-6-10-14;3*1-3-4-9-13(18-10(2)15)11-7-5-6-8-12(11)14(16)17;1-5(12)6(8)3-2-4-11-7(9)10;1-5(11)7(8)2-6-3-9-4-10-6;1-6(10)7(9)4-2-3-5-8;1-5-2(3)4/h4-12,17H,2-3,13H2,1H3,(H,20,21);3*5-8,13H,3-4,9H2,1-2H3,(H,16,17);6H,2-4,8H2,1H3,(H4,9,10,11);3-4,7H,2,8H2,1H3,(H,9,10);7H,2-5,8-9H2,1H3;1H3,(H4,3,4,5)/t;;;;6-;2*7-;/m....000./s1. The number of Topliss-reactive ketones (excluding diaryl/α,β-unsaturated/α-hetero) is 3. The number of nitrogens with two attached hydrogens (primary N) is 8. The van der Waals surface area contributed by atoms with E-state index in [1.165, 1.54) is 72.9 Å². The Hall–Kier alpha value is -11.5. The number of ether oxygens (including phenoxy) is 4. The van der Waals surface area contributed by atoms with E-state index in [2.05, 4.69) is 20.0 Å². The summed E-state index contributed by atoms with van der Waals surface area (Å²) in [5, 5.41) is 36.8. The van der Waals surface area contributed by atoms with Crippen molar-refractivity contribution in [2.75, 3.05) is 20.1 Å². The van der Waals surface area contributed by atoms with Crippen LogP contribution in [-0.2, 0) is 54.1 Å². The lowest BCUT2D eigenvalue weighted by atomic mass is 9.98. The van der Waals surface area contributed by atoms with E-state index in [-0.39, 0.29) is 63.6 Å². The number of rotatable bonds is 38. The number of hydrogen-bond acceptors (Lipinski definition) is 22. The molecule has 0 spiro atoms. The number of aromatic carboxylic acids is 4. The number of aromatic nitrogens is 2. The Morgan fingerprint density at radius 3 is 0.974 bits per heavy atom.